The maximum absolute atomic E-state index is 12.4. The monoisotopic (exact) mass is 306 g/mol. The third-order valence-corrected chi connectivity index (χ3v) is 4.61. The second-order valence-electron chi connectivity index (χ2n) is 4.37. The van der Waals surface area contributed by atoms with Crippen LogP contribution in [0.2, 0.25) is 0 Å². The lowest BCUT2D eigenvalue weighted by atomic mass is 10.2. The summed E-state index contributed by atoms with van der Waals surface area (Å²) in [6.45, 7) is 7.52. The molecule has 0 amide bonds. The molecule has 0 radical (unpaired) electrons. The predicted octanol–water partition coefficient (Wildman–Crippen LogP) is 2.13. The number of aromatic nitrogens is 3. The zero-order valence-corrected chi connectivity index (χ0v) is 13.1. The van der Waals surface area contributed by atoms with E-state index >= 15 is 0 Å². The number of methoxy groups -OCH3 is 1. The van der Waals surface area contributed by atoms with Crippen LogP contribution in [0.5, 0.6) is 0 Å². The molecule has 112 valence electrons. The van der Waals surface area contributed by atoms with Crippen molar-refractivity contribution in [3.05, 3.63) is 36.4 Å². The quantitative estimate of drug-likeness (QED) is 0.474. The largest absolute Gasteiger partial charge is 0.608 e. The number of hydrogen-bond donors (Lipinski definition) is 0. The van der Waals surface area contributed by atoms with E-state index in [9.17, 15) is 4.55 Å². The molecule has 7 heteroatoms. The van der Waals surface area contributed by atoms with Gasteiger partial charge in [-0.1, -0.05) is 24.7 Å². The standard InChI is InChI=1S/C14H18N4O2S/c1-5-11(20-4)8-7-9-12-10(3)21(19)14-16-15-13(6-2)18(14)17-12/h6-10H,2,5H2,1,3-4H3/b9-7+,11-8+. The van der Waals surface area contributed by atoms with E-state index in [4.69, 9.17) is 4.74 Å². The molecule has 6 nitrogen and oxygen atoms in total. The fourth-order valence-corrected chi connectivity index (χ4v) is 2.93. The lowest BCUT2D eigenvalue weighted by Crippen LogP contribution is -2.33. The highest BCUT2D eigenvalue weighted by Gasteiger charge is 2.35. The van der Waals surface area contributed by atoms with Gasteiger partial charge < -0.3 is 9.29 Å². The van der Waals surface area contributed by atoms with E-state index in [1.807, 2.05) is 32.1 Å². The summed E-state index contributed by atoms with van der Waals surface area (Å²) in [6.07, 6.45) is 7.89. The lowest BCUT2D eigenvalue weighted by Gasteiger charge is -2.20. The average Bonchev–Trinajstić information content (AvgIpc) is 2.91. The number of rotatable bonds is 5. The zero-order chi connectivity index (χ0) is 15.4. The van der Waals surface area contributed by atoms with E-state index in [2.05, 4.69) is 21.9 Å². The van der Waals surface area contributed by atoms with Gasteiger partial charge in [-0.25, -0.2) is 0 Å². The molecule has 0 aromatic carbocycles. The van der Waals surface area contributed by atoms with Crippen LogP contribution in [-0.2, 0) is 15.9 Å². The van der Waals surface area contributed by atoms with Crippen LogP contribution in [0.25, 0.3) is 6.08 Å². The highest BCUT2D eigenvalue weighted by molar-refractivity contribution is 7.92. The molecule has 21 heavy (non-hydrogen) atoms. The molecular formula is C14H18N4O2S. The number of hydrogen-bond acceptors (Lipinski definition) is 5. The number of allylic oxidation sites excluding steroid dienone is 4. The molecule has 0 saturated carbocycles. The van der Waals surface area contributed by atoms with Gasteiger partial charge in [0.15, 0.2) is 11.1 Å². The van der Waals surface area contributed by atoms with E-state index in [0.29, 0.717) is 16.7 Å². The highest BCUT2D eigenvalue weighted by atomic mass is 32.2. The van der Waals surface area contributed by atoms with Crippen LogP contribution in [0.3, 0.4) is 0 Å². The van der Waals surface area contributed by atoms with Crippen molar-refractivity contribution in [3.8, 4) is 0 Å². The summed E-state index contributed by atoms with van der Waals surface area (Å²) in [4.78, 5) is 0. The van der Waals surface area contributed by atoms with Crippen molar-refractivity contribution in [2.24, 2.45) is 5.10 Å². The summed E-state index contributed by atoms with van der Waals surface area (Å²) in [5.74, 6) is 1.35. The Morgan fingerprint density at radius 1 is 1.52 bits per heavy atom. The average molecular weight is 306 g/mol. The Morgan fingerprint density at radius 2 is 2.29 bits per heavy atom. The molecular weight excluding hydrogens is 288 g/mol. The van der Waals surface area contributed by atoms with Crippen LogP contribution in [0.4, 0.5) is 0 Å². The number of nitrogens with zero attached hydrogens (tertiary/aromatic N) is 4. The highest BCUT2D eigenvalue weighted by Crippen LogP contribution is 2.22. The molecule has 1 aliphatic rings. The second-order valence-corrected chi connectivity index (χ2v) is 6.04. The van der Waals surface area contributed by atoms with Gasteiger partial charge in [0.2, 0.25) is 0 Å². The van der Waals surface area contributed by atoms with Gasteiger partial charge in [-0.05, 0) is 25.2 Å². The third-order valence-electron chi connectivity index (χ3n) is 3.11. The van der Waals surface area contributed by atoms with E-state index in [1.165, 1.54) is 10.8 Å². The third kappa shape index (κ3) is 3.08. The van der Waals surface area contributed by atoms with Crippen molar-refractivity contribution < 1.29 is 9.29 Å². The van der Waals surface area contributed by atoms with E-state index in [1.54, 1.807) is 7.11 Å². The van der Waals surface area contributed by atoms with E-state index < -0.39 is 11.2 Å². The summed E-state index contributed by atoms with van der Waals surface area (Å²) in [5.41, 5.74) is 0.700. The van der Waals surface area contributed by atoms with Gasteiger partial charge in [-0.3, -0.25) is 0 Å². The molecule has 2 rings (SSSR count). The van der Waals surface area contributed by atoms with Gasteiger partial charge in [-0.2, -0.15) is 9.78 Å². The molecule has 0 saturated heterocycles. The smallest absolute Gasteiger partial charge is 0.365 e. The second kappa shape index (κ2) is 6.73. The molecule has 0 fully saturated rings. The van der Waals surface area contributed by atoms with Crippen molar-refractivity contribution in [2.75, 3.05) is 7.11 Å². The molecule has 1 aromatic heterocycles. The zero-order valence-electron chi connectivity index (χ0n) is 12.3. The first-order valence-electron chi connectivity index (χ1n) is 6.60. The topological polar surface area (TPSA) is 75.4 Å². The van der Waals surface area contributed by atoms with Gasteiger partial charge in [0, 0.05) is 17.6 Å². The predicted molar refractivity (Wildman–Crippen MR) is 83.3 cm³/mol. The van der Waals surface area contributed by atoms with Crippen molar-refractivity contribution >= 4 is 23.0 Å². The maximum atomic E-state index is 12.4. The molecule has 1 aromatic rings. The molecule has 2 atom stereocenters. The Hall–Kier alpha value is -1.86. The first kappa shape index (κ1) is 15.5. The summed E-state index contributed by atoms with van der Waals surface area (Å²) >= 11 is -1.28. The van der Waals surface area contributed by atoms with Crippen molar-refractivity contribution in [3.63, 3.8) is 0 Å². The molecule has 0 aliphatic carbocycles. The molecule has 2 unspecified atom stereocenters. The van der Waals surface area contributed by atoms with Crippen molar-refractivity contribution in [1.29, 1.82) is 0 Å². The van der Waals surface area contributed by atoms with Crippen molar-refractivity contribution in [1.82, 2.24) is 14.9 Å². The Kier molecular flexibility index (Phi) is 4.98. The number of ether oxygens (including phenoxy) is 1. The minimum Gasteiger partial charge on any atom is -0.608 e. The van der Waals surface area contributed by atoms with Gasteiger partial charge in [0.25, 0.3) is 0 Å². The molecule has 1 aliphatic heterocycles. The maximum Gasteiger partial charge on any atom is 0.365 e. The van der Waals surface area contributed by atoms with Crippen LogP contribution < -0.4 is 0 Å². The number of fused-ring (bicyclic) bond motifs is 1. The van der Waals surface area contributed by atoms with Gasteiger partial charge in [-0.15, -0.1) is 5.10 Å². The lowest BCUT2D eigenvalue weighted by molar-refractivity contribution is 0.281. The molecule has 0 spiro atoms. The normalized spacial score (nSPS) is 22.1. The first-order chi connectivity index (χ1) is 10.1. The van der Waals surface area contributed by atoms with Crippen LogP contribution in [0, 0.1) is 0 Å². The molecule has 0 bridgehead atoms. The Balaban J connectivity index is 2.33. The van der Waals surface area contributed by atoms with E-state index in [-0.39, 0.29) is 5.25 Å². The SMILES string of the molecule is C=Cc1nnc2n1N=C(/C=C/C=C(\CC)OC)C(C)[S+]2[O-]. The van der Waals surface area contributed by atoms with Crippen LogP contribution >= 0.6 is 0 Å². The van der Waals surface area contributed by atoms with Gasteiger partial charge in [0.1, 0.15) is 5.71 Å². The fraction of sp³-hybridized carbons (Fsp3) is 0.357. The first-order valence-corrected chi connectivity index (χ1v) is 7.82. The van der Waals surface area contributed by atoms with Crippen molar-refractivity contribution in [2.45, 2.75) is 30.7 Å². The summed E-state index contributed by atoms with van der Waals surface area (Å²) in [5, 5.41) is 12.4. The Labute approximate surface area is 127 Å². The minimum absolute atomic E-state index is 0.239. The summed E-state index contributed by atoms with van der Waals surface area (Å²) < 4.78 is 19.0. The molecule has 0 N–H and O–H groups in total. The van der Waals surface area contributed by atoms with Gasteiger partial charge in [0.05, 0.1) is 12.9 Å². The summed E-state index contributed by atoms with van der Waals surface area (Å²) in [6, 6.07) is 0. The summed E-state index contributed by atoms with van der Waals surface area (Å²) in [7, 11) is 1.64. The minimum atomic E-state index is -1.28. The fourth-order valence-electron chi connectivity index (χ4n) is 1.84. The van der Waals surface area contributed by atoms with E-state index in [0.717, 1.165) is 12.2 Å². The van der Waals surface area contributed by atoms with Gasteiger partial charge >= 0.3 is 5.16 Å². The van der Waals surface area contributed by atoms with Crippen LogP contribution in [0.1, 0.15) is 26.1 Å². The Bertz CT molecular complexity index is 612. The Morgan fingerprint density at radius 3 is 2.90 bits per heavy atom. The van der Waals surface area contributed by atoms with Crippen LogP contribution in [-0.4, -0.2) is 37.5 Å². The molecule has 2 heterocycles. The van der Waals surface area contributed by atoms with Crippen LogP contribution in [0.15, 0.2) is 40.8 Å².